The number of nitrogens with zero attached hydrogens (tertiary/aromatic N) is 1. The van der Waals surface area contributed by atoms with Gasteiger partial charge < -0.3 is 24.7 Å². The van der Waals surface area contributed by atoms with Crippen molar-refractivity contribution in [1.82, 2.24) is 15.2 Å². The fourth-order valence-electron chi connectivity index (χ4n) is 4.80. The molecular weight excluding hydrogens is 442 g/mol. The molecule has 0 spiro atoms. The molecule has 0 fully saturated rings. The number of carbonyl (C=O) groups excluding carboxylic acids is 2. The first kappa shape index (κ1) is 22.7. The quantitative estimate of drug-likeness (QED) is 0.380. The van der Waals surface area contributed by atoms with Gasteiger partial charge in [0.2, 0.25) is 5.91 Å². The molecule has 0 bridgehead atoms. The van der Waals surface area contributed by atoms with E-state index in [1.54, 1.807) is 19.1 Å². The Morgan fingerprint density at radius 1 is 1.03 bits per heavy atom. The van der Waals surface area contributed by atoms with Crippen LogP contribution in [-0.4, -0.2) is 55.6 Å². The summed E-state index contributed by atoms with van der Waals surface area (Å²) >= 11 is 0. The molecule has 0 radical (unpaired) electrons. The third-order valence-corrected chi connectivity index (χ3v) is 6.38. The Morgan fingerprint density at radius 3 is 2.66 bits per heavy atom. The number of para-hydroxylation sites is 1. The Kier molecular flexibility index (Phi) is 6.25. The molecule has 178 valence electrons. The second kappa shape index (κ2) is 9.64. The summed E-state index contributed by atoms with van der Waals surface area (Å²) in [4.78, 5) is 31.6. The first-order chi connectivity index (χ1) is 17.1. The van der Waals surface area contributed by atoms with Gasteiger partial charge in [-0.25, -0.2) is 0 Å². The minimum Gasteiger partial charge on any atom is -0.497 e. The Balaban J connectivity index is 1.67. The molecule has 5 rings (SSSR count). The van der Waals surface area contributed by atoms with Gasteiger partial charge in [0.15, 0.2) is 0 Å². The fraction of sp³-hybridized carbons (Fsp3) is 0.214. The lowest BCUT2D eigenvalue weighted by atomic mass is 9.93. The SMILES string of the molecule is COCCNC(=O)CN1C(=O)c2ccccc2C1c1c(-c2cccc(OC)c2)[nH]c2ccccc12. The third kappa shape index (κ3) is 4.15. The normalized spacial score (nSPS) is 14.9. The topological polar surface area (TPSA) is 83.7 Å². The number of ether oxygens (including phenoxy) is 2. The van der Waals surface area contributed by atoms with E-state index in [9.17, 15) is 9.59 Å². The summed E-state index contributed by atoms with van der Waals surface area (Å²) < 4.78 is 10.5. The van der Waals surface area contributed by atoms with Crippen molar-refractivity contribution in [3.05, 3.63) is 89.5 Å². The van der Waals surface area contributed by atoms with Gasteiger partial charge >= 0.3 is 0 Å². The van der Waals surface area contributed by atoms with Gasteiger partial charge in [0.25, 0.3) is 5.91 Å². The summed E-state index contributed by atoms with van der Waals surface area (Å²) in [7, 11) is 3.22. The Hall–Kier alpha value is -4.10. The maximum Gasteiger partial charge on any atom is 0.255 e. The predicted octanol–water partition coefficient (Wildman–Crippen LogP) is 4.15. The van der Waals surface area contributed by atoms with Crippen LogP contribution in [0, 0.1) is 0 Å². The van der Waals surface area contributed by atoms with Gasteiger partial charge in [-0.05, 0) is 29.8 Å². The van der Waals surface area contributed by atoms with Crippen molar-refractivity contribution < 1.29 is 19.1 Å². The molecular formula is C28H27N3O4. The molecule has 1 atom stereocenters. The summed E-state index contributed by atoms with van der Waals surface area (Å²) in [6, 6.07) is 23.0. The van der Waals surface area contributed by atoms with E-state index in [1.165, 1.54) is 0 Å². The van der Waals surface area contributed by atoms with E-state index in [1.807, 2.05) is 72.8 Å². The van der Waals surface area contributed by atoms with Crippen LogP contribution in [0.25, 0.3) is 22.2 Å². The zero-order valence-electron chi connectivity index (χ0n) is 19.7. The number of carbonyl (C=O) groups is 2. The van der Waals surface area contributed by atoms with E-state index < -0.39 is 6.04 Å². The molecule has 7 nitrogen and oxygen atoms in total. The lowest BCUT2D eigenvalue weighted by Crippen LogP contribution is -2.40. The van der Waals surface area contributed by atoms with Crippen LogP contribution in [0.5, 0.6) is 5.75 Å². The maximum atomic E-state index is 13.5. The summed E-state index contributed by atoms with van der Waals surface area (Å²) in [6.45, 7) is 0.738. The number of benzene rings is 3. The number of rotatable bonds is 8. The summed E-state index contributed by atoms with van der Waals surface area (Å²) in [5.41, 5.74) is 5.25. The lowest BCUT2D eigenvalue weighted by Gasteiger charge is -2.26. The minimum absolute atomic E-state index is 0.0566. The standard InChI is InChI=1S/C28H27N3O4/c1-34-15-14-29-24(32)17-31-27(20-10-3-4-11-21(20)28(31)33)25-22-12-5-6-13-23(22)30-26(25)18-8-7-9-19(16-18)35-2/h3-13,16,27,30H,14-15,17H2,1-2H3,(H,29,32). The van der Waals surface area contributed by atoms with Gasteiger partial charge in [-0.2, -0.15) is 0 Å². The van der Waals surface area contributed by atoms with Crippen molar-refractivity contribution in [2.24, 2.45) is 0 Å². The first-order valence-electron chi connectivity index (χ1n) is 11.5. The zero-order valence-corrected chi connectivity index (χ0v) is 19.7. The average Bonchev–Trinajstić information content (AvgIpc) is 3.39. The molecule has 2 heterocycles. The van der Waals surface area contributed by atoms with E-state index in [2.05, 4.69) is 10.3 Å². The van der Waals surface area contributed by atoms with Crippen molar-refractivity contribution in [3.63, 3.8) is 0 Å². The van der Waals surface area contributed by atoms with Crippen molar-refractivity contribution in [3.8, 4) is 17.0 Å². The van der Waals surface area contributed by atoms with Gasteiger partial charge in [0.05, 0.1) is 25.5 Å². The highest BCUT2D eigenvalue weighted by Crippen LogP contribution is 2.45. The number of nitrogens with one attached hydrogen (secondary N) is 2. The molecule has 1 aliphatic rings. The summed E-state index contributed by atoms with van der Waals surface area (Å²) in [5, 5.41) is 3.84. The number of hydrogen-bond acceptors (Lipinski definition) is 4. The smallest absolute Gasteiger partial charge is 0.255 e. The molecule has 1 aromatic heterocycles. The monoisotopic (exact) mass is 469 g/mol. The first-order valence-corrected chi connectivity index (χ1v) is 11.5. The molecule has 4 aromatic rings. The Bertz CT molecular complexity index is 1390. The molecule has 2 N–H and O–H groups in total. The van der Waals surface area contributed by atoms with Crippen LogP contribution < -0.4 is 10.1 Å². The molecule has 0 saturated carbocycles. The number of amides is 2. The number of aromatic amines is 1. The molecule has 1 unspecified atom stereocenters. The minimum atomic E-state index is -0.427. The largest absolute Gasteiger partial charge is 0.497 e. The van der Waals surface area contributed by atoms with Crippen LogP contribution >= 0.6 is 0 Å². The van der Waals surface area contributed by atoms with Gasteiger partial charge in [-0.1, -0.05) is 48.5 Å². The highest BCUT2D eigenvalue weighted by Gasteiger charge is 2.40. The van der Waals surface area contributed by atoms with Gasteiger partial charge in [0, 0.05) is 41.2 Å². The summed E-state index contributed by atoms with van der Waals surface area (Å²) in [6.07, 6.45) is 0. The molecule has 35 heavy (non-hydrogen) atoms. The van der Waals surface area contributed by atoms with E-state index in [4.69, 9.17) is 9.47 Å². The van der Waals surface area contributed by atoms with Gasteiger partial charge in [-0.15, -0.1) is 0 Å². The van der Waals surface area contributed by atoms with E-state index in [-0.39, 0.29) is 18.4 Å². The van der Waals surface area contributed by atoms with Crippen LogP contribution in [0.15, 0.2) is 72.8 Å². The van der Waals surface area contributed by atoms with Crippen LogP contribution in [-0.2, 0) is 9.53 Å². The second-order valence-electron chi connectivity index (χ2n) is 8.46. The Morgan fingerprint density at radius 2 is 1.83 bits per heavy atom. The average molecular weight is 470 g/mol. The summed E-state index contributed by atoms with van der Waals surface area (Å²) in [5.74, 6) is 0.356. The van der Waals surface area contributed by atoms with Crippen LogP contribution in [0.1, 0.15) is 27.5 Å². The van der Waals surface area contributed by atoms with Gasteiger partial charge in [-0.3, -0.25) is 9.59 Å². The molecule has 0 saturated heterocycles. The van der Waals surface area contributed by atoms with Crippen molar-refractivity contribution in [2.45, 2.75) is 6.04 Å². The fourth-order valence-corrected chi connectivity index (χ4v) is 4.80. The van der Waals surface area contributed by atoms with Crippen LogP contribution in [0.3, 0.4) is 0 Å². The lowest BCUT2D eigenvalue weighted by molar-refractivity contribution is -0.122. The van der Waals surface area contributed by atoms with Crippen molar-refractivity contribution >= 4 is 22.7 Å². The van der Waals surface area contributed by atoms with E-state index >= 15 is 0 Å². The third-order valence-electron chi connectivity index (χ3n) is 6.38. The molecule has 0 aliphatic carbocycles. The van der Waals surface area contributed by atoms with Crippen LogP contribution in [0.4, 0.5) is 0 Å². The molecule has 1 aliphatic heterocycles. The number of fused-ring (bicyclic) bond motifs is 2. The maximum absolute atomic E-state index is 13.5. The van der Waals surface area contributed by atoms with E-state index in [0.717, 1.165) is 39.0 Å². The number of H-pyrrole nitrogens is 1. The molecule has 2 amide bonds. The van der Waals surface area contributed by atoms with E-state index in [0.29, 0.717) is 18.7 Å². The van der Waals surface area contributed by atoms with Crippen molar-refractivity contribution in [2.75, 3.05) is 33.9 Å². The predicted molar refractivity (Wildman–Crippen MR) is 134 cm³/mol. The number of methoxy groups -OCH3 is 2. The highest BCUT2D eigenvalue weighted by molar-refractivity contribution is 6.03. The zero-order chi connectivity index (χ0) is 24.4. The Labute approximate surface area is 203 Å². The highest BCUT2D eigenvalue weighted by atomic mass is 16.5. The molecule has 3 aromatic carbocycles. The van der Waals surface area contributed by atoms with Crippen molar-refractivity contribution in [1.29, 1.82) is 0 Å². The van der Waals surface area contributed by atoms with Gasteiger partial charge in [0.1, 0.15) is 12.3 Å². The number of aromatic nitrogens is 1. The van der Waals surface area contributed by atoms with Crippen LogP contribution in [0.2, 0.25) is 0 Å². The molecule has 7 heteroatoms. The number of hydrogen-bond donors (Lipinski definition) is 2. The second-order valence-corrected chi connectivity index (χ2v) is 8.46.